The van der Waals surface area contributed by atoms with Crippen LogP contribution in [0.5, 0.6) is 5.75 Å². The van der Waals surface area contributed by atoms with E-state index in [1.54, 1.807) is 6.08 Å². The predicted molar refractivity (Wildman–Crippen MR) is 118 cm³/mol. The molecule has 1 heterocycles. The highest BCUT2D eigenvalue weighted by molar-refractivity contribution is 7.88. The second-order valence-corrected chi connectivity index (χ2v) is 9.51. The number of benzene rings is 2. The van der Waals surface area contributed by atoms with Gasteiger partial charge in [-0.3, -0.25) is 4.79 Å². The molecule has 2 aromatic rings. The number of piperidine rings is 1. The van der Waals surface area contributed by atoms with E-state index in [4.69, 9.17) is 4.74 Å². The van der Waals surface area contributed by atoms with Crippen molar-refractivity contribution in [1.82, 2.24) is 9.62 Å². The minimum atomic E-state index is -3.12. The summed E-state index contributed by atoms with van der Waals surface area (Å²) in [4.78, 5) is 12.1. The third-order valence-corrected chi connectivity index (χ3v) is 6.44. The van der Waals surface area contributed by atoms with Gasteiger partial charge in [-0.1, -0.05) is 42.5 Å². The highest BCUT2D eigenvalue weighted by Crippen LogP contribution is 2.19. The molecule has 1 fully saturated rings. The van der Waals surface area contributed by atoms with Crippen LogP contribution in [0.15, 0.2) is 60.7 Å². The molecule has 0 aromatic heterocycles. The van der Waals surface area contributed by atoms with Gasteiger partial charge in [-0.15, -0.1) is 0 Å². The molecule has 2 aromatic carbocycles. The minimum Gasteiger partial charge on any atom is -0.489 e. The van der Waals surface area contributed by atoms with E-state index >= 15 is 0 Å². The molecule has 1 saturated heterocycles. The Bertz CT molecular complexity index is 966. The fourth-order valence-electron chi connectivity index (χ4n) is 3.37. The minimum absolute atomic E-state index is 0.156. The standard InChI is InChI=1S/C23H28N2O4S/c1-30(27,28)25-14-12-20(13-15-25)17-24-23(26)11-10-19-8-5-9-22(16-19)29-18-21-6-3-2-4-7-21/h2-11,16,20H,12-15,17-18H2,1H3,(H,24,26)/b11-10+. The first-order valence-electron chi connectivity index (χ1n) is 10.1. The van der Waals surface area contributed by atoms with Gasteiger partial charge in [0.05, 0.1) is 6.26 Å². The van der Waals surface area contributed by atoms with Gasteiger partial charge in [-0.25, -0.2) is 12.7 Å². The van der Waals surface area contributed by atoms with Crippen molar-refractivity contribution in [3.63, 3.8) is 0 Å². The summed E-state index contributed by atoms with van der Waals surface area (Å²) < 4.78 is 30.4. The number of hydrogen-bond donors (Lipinski definition) is 1. The average molecular weight is 429 g/mol. The number of rotatable bonds is 8. The summed E-state index contributed by atoms with van der Waals surface area (Å²) in [5.41, 5.74) is 1.98. The molecule has 6 nitrogen and oxygen atoms in total. The van der Waals surface area contributed by atoms with Gasteiger partial charge < -0.3 is 10.1 Å². The third-order valence-electron chi connectivity index (χ3n) is 5.14. The predicted octanol–water partition coefficient (Wildman–Crippen LogP) is 3.07. The molecule has 1 amide bonds. The van der Waals surface area contributed by atoms with Gasteiger partial charge in [0.2, 0.25) is 15.9 Å². The van der Waals surface area contributed by atoms with Crippen LogP contribution in [0, 0.1) is 5.92 Å². The van der Waals surface area contributed by atoms with Crippen LogP contribution in [-0.2, 0) is 21.4 Å². The van der Waals surface area contributed by atoms with E-state index in [1.165, 1.54) is 16.6 Å². The van der Waals surface area contributed by atoms with E-state index in [-0.39, 0.29) is 5.91 Å². The Labute approximate surface area is 178 Å². The van der Waals surface area contributed by atoms with Crippen LogP contribution in [0.2, 0.25) is 0 Å². The molecule has 1 N–H and O–H groups in total. The molecular weight excluding hydrogens is 400 g/mol. The molecule has 30 heavy (non-hydrogen) atoms. The number of sulfonamides is 1. The molecular formula is C23H28N2O4S. The second-order valence-electron chi connectivity index (χ2n) is 7.53. The maximum atomic E-state index is 12.1. The summed E-state index contributed by atoms with van der Waals surface area (Å²) in [6.45, 7) is 2.09. The Morgan fingerprint density at radius 2 is 1.87 bits per heavy atom. The maximum absolute atomic E-state index is 12.1. The lowest BCUT2D eigenvalue weighted by molar-refractivity contribution is -0.116. The van der Waals surface area contributed by atoms with Crippen LogP contribution in [0.1, 0.15) is 24.0 Å². The zero-order chi connectivity index (χ0) is 21.4. The van der Waals surface area contributed by atoms with Crippen LogP contribution in [0.25, 0.3) is 6.08 Å². The maximum Gasteiger partial charge on any atom is 0.244 e. The molecule has 0 atom stereocenters. The zero-order valence-corrected chi connectivity index (χ0v) is 18.0. The Kier molecular flexibility index (Phi) is 7.65. The van der Waals surface area contributed by atoms with E-state index in [1.807, 2.05) is 54.6 Å². The van der Waals surface area contributed by atoms with Gasteiger partial charge in [0.15, 0.2) is 0 Å². The zero-order valence-electron chi connectivity index (χ0n) is 17.2. The summed E-state index contributed by atoms with van der Waals surface area (Å²) in [6, 6.07) is 17.6. The quantitative estimate of drug-likeness (QED) is 0.656. The van der Waals surface area contributed by atoms with E-state index in [9.17, 15) is 13.2 Å². The normalized spacial score (nSPS) is 15.9. The highest BCUT2D eigenvalue weighted by atomic mass is 32.2. The number of amides is 1. The molecule has 0 saturated carbocycles. The molecule has 3 rings (SSSR count). The number of nitrogens with zero attached hydrogens (tertiary/aromatic N) is 1. The number of nitrogens with one attached hydrogen (secondary N) is 1. The van der Waals surface area contributed by atoms with Gasteiger partial charge in [0.1, 0.15) is 12.4 Å². The number of carbonyl (C=O) groups excluding carboxylic acids is 1. The van der Waals surface area contributed by atoms with E-state index in [2.05, 4.69) is 5.32 Å². The lowest BCUT2D eigenvalue weighted by Gasteiger charge is -2.30. The van der Waals surface area contributed by atoms with E-state index < -0.39 is 10.0 Å². The van der Waals surface area contributed by atoms with Crippen molar-refractivity contribution in [3.8, 4) is 5.75 Å². The fraction of sp³-hybridized carbons (Fsp3) is 0.348. The first-order chi connectivity index (χ1) is 14.4. The summed E-state index contributed by atoms with van der Waals surface area (Å²) >= 11 is 0. The van der Waals surface area contributed by atoms with Gasteiger partial charge in [0, 0.05) is 25.7 Å². The van der Waals surface area contributed by atoms with Crippen molar-refractivity contribution in [3.05, 3.63) is 71.8 Å². The van der Waals surface area contributed by atoms with E-state index in [0.29, 0.717) is 32.2 Å². The summed E-state index contributed by atoms with van der Waals surface area (Å²) in [5, 5.41) is 2.91. The monoisotopic (exact) mass is 428 g/mol. The lowest BCUT2D eigenvalue weighted by Crippen LogP contribution is -2.40. The molecule has 0 bridgehead atoms. The van der Waals surface area contributed by atoms with Crippen LogP contribution in [0.4, 0.5) is 0 Å². The molecule has 1 aliphatic heterocycles. The fourth-order valence-corrected chi connectivity index (χ4v) is 4.24. The van der Waals surface area contributed by atoms with E-state index in [0.717, 1.165) is 29.7 Å². The van der Waals surface area contributed by atoms with Crippen molar-refractivity contribution >= 4 is 22.0 Å². The first-order valence-corrected chi connectivity index (χ1v) is 11.9. The van der Waals surface area contributed by atoms with Crippen LogP contribution in [-0.4, -0.2) is 44.5 Å². The summed E-state index contributed by atoms with van der Waals surface area (Å²) in [7, 11) is -3.12. The number of carbonyl (C=O) groups is 1. The topological polar surface area (TPSA) is 75.7 Å². The molecule has 0 unspecified atom stereocenters. The smallest absolute Gasteiger partial charge is 0.244 e. The number of hydrogen-bond acceptors (Lipinski definition) is 4. The summed E-state index contributed by atoms with van der Waals surface area (Å²) in [5.74, 6) is 0.894. The Morgan fingerprint density at radius 1 is 1.13 bits per heavy atom. The number of ether oxygens (including phenoxy) is 1. The highest BCUT2D eigenvalue weighted by Gasteiger charge is 2.24. The Morgan fingerprint density at radius 3 is 2.57 bits per heavy atom. The molecule has 7 heteroatoms. The molecule has 0 radical (unpaired) electrons. The van der Waals surface area contributed by atoms with Crippen molar-refractivity contribution in [2.45, 2.75) is 19.4 Å². The second kappa shape index (κ2) is 10.4. The average Bonchev–Trinajstić information content (AvgIpc) is 2.75. The van der Waals surface area contributed by atoms with Gasteiger partial charge in [-0.2, -0.15) is 0 Å². The Balaban J connectivity index is 1.43. The molecule has 160 valence electrons. The van der Waals surface area contributed by atoms with Gasteiger partial charge in [-0.05, 0) is 48.1 Å². The van der Waals surface area contributed by atoms with Crippen molar-refractivity contribution in [1.29, 1.82) is 0 Å². The largest absolute Gasteiger partial charge is 0.489 e. The van der Waals surface area contributed by atoms with Crippen molar-refractivity contribution in [2.75, 3.05) is 25.9 Å². The SMILES string of the molecule is CS(=O)(=O)N1CCC(CNC(=O)/C=C/c2cccc(OCc3ccccc3)c2)CC1. The first kappa shape index (κ1) is 22.1. The van der Waals surface area contributed by atoms with Crippen molar-refractivity contribution < 1.29 is 17.9 Å². The van der Waals surface area contributed by atoms with Gasteiger partial charge in [0.25, 0.3) is 0 Å². The Hall–Kier alpha value is -2.64. The molecule has 0 aliphatic carbocycles. The van der Waals surface area contributed by atoms with Crippen LogP contribution >= 0.6 is 0 Å². The van der Waals surface area contributed by atoms with Crippen LogP contribution < -0.4 is 10.1 Å². The van der Waals surface area contributed by atoms with Gasteiger partial charge >= 0.3 is 0 Å². The molecule has 1 aliphatic rings. The van der Waals surface area contributed by atoms with Crippen molar-refractivity contribution in [2.24, 2.45) is 5.92 Å². The lowest BCUT2D eigenvalue weighted by atomic mass is 9.98. The van der Waals surface area contributed by atoms with Crippen LogP contribution in [0.3, 0.4) is 0 Å². The molecule has 0 spiro atoms. The third kappa shape index (κ3) is 7.00. The summed E-state index contributed by atoms with van der Waals surface area (Å²) in [6.07, 6.45) is 6.04.